The number of hydrogen-bond donors (Lipinski definition) is 10. The predicted octanol–water partition coefficient (Wildman–Crippen LogP) is -1.16. The number of ether oxygens (including phenoxy) is 8. The number of Topliss-reactive ketones (excluding diaryl/α,β-unsaturated/α-hetero) is 1. The van der Waals surface area contributed by atoms with Gasteiger partial charge < -0.3 is 89.0 Å². The number of carbonyl (C=O) groups excluding carboxylic acids is 1. The fourth-order valence-electron chi connectivity index (χ4n) is 15.0. The first-order valence-corrected chi connectivity index (χ1v) is 24.1. The number of ketones is 1. The predicted molar refractivity (Wildman–Crippen MR) is 221 cm³/mol. The summed E-state index contributed by atoms with van der Waals surface area (Å²) in [6, 6.07) is 0. The molecule has 0 aromatic rings. The summed E-state index contributed by atoms with van der Waals surface area (Å²) in [4.78, 5) is 14.7. The summed E-state index contributed by atoms with van der Waals surface area (Å²) in [5.41, 5.74) is -1.04. The molecule has 5 heterocycles. The minimum atomic E-state index is -1.90. The van der Waals surface area contributed by atoms with Gasteiger partial charge in [-0.2, -0.15) is 0 Å². The lowest BCUT2D eigenvalue weighted by Gasteiger charge is -2.60. The fourth-order valence-corrected chi connectivity index (χ4v) is 15.0. The standard InChI is InChI=1S/C46H74O19/c1-19-8-11-46(58-18-19)20(2)39-44(4,65-46)14-25-23-7-6-21-12-22(9-10-43(21,3)24(23)13-29(50)45(25,39)5)59-40-36(57)34(55)37(28(17-49)62-40)63-42-38(33(54)31(52)27(16-48)61-42)64-41-35(56)32(53)30(51)26(15-47)60-41/h19-28,30-42,47-49,51-57H,6-18H2,1-5H3/t19-,20-,21-,22-,23+,24-,25-,26+,27+,28+,30-,31+,32-,33-,34+,35+,36+,37-,38+,39-,40+,41-,42-,43-,44-,45+,46+/m0/s1. The Kier molecular flexibility index (Phi) is 13.5. The van der Waals surface area contributed by atoms with Crippen molar-refractivity contribution in [3.63, 3.8) is 0 Å². The highest BCUT2D eigenvalue weighted by atomic mass is 16.8. The van der Waals surface area contributed by atoms with E-state index in [1.54, 1.807) is 0 Å². The average Bonchev–Trinajstić information content (AvgIpc) is 3.66. The topological polar surface area (TPSA) is 293 Å². The molecule has 9 aliphatic rings. The molecule has 9 rings (SSSR count). The van der Waals surface area contributed by atoms with E-state index in [9.17, 15) is 55.9 Å². The van der Waals surface area contributed by atoms with Crippen molar-refractivity contribution in [2.45, 2.75) is 202 Å². The van der Waals surface area contributed by atoms with Crippen LogP contribution >= 0.6 is 0 Å². The van der Waals surface area contributed by atoms with Crippen molar-refractivity contribution in [1.82, 2.24) is 0 Å². The smallest absolute Gasteiger partial charge is 0.187 e. The Hall–Kier alpha value is -1.05. The monoisotopic (exact) mass is 930 g/mol. The zero-order chi connectivity index (χ0) is 46.7. The Labute approximate surface area is 379 Å². The summed E-state index contributed by atoms with van der Waals surface area (Å²) in [5.74, 6) is 1.43. The van der Waals surface area contributed by atoms with E-state index < -0.39 is 129 Å². The molecule has 27 atom stereocenters. The van der Waals surface area contributed by atoms with Crippen LogP contribution in [0, 0.1) is 52.3 Å². The van der Waals surface area contributed by atoms with Crippen molar-refractivity contribution < 1.29 is 93.8 Å². The van der Waals surface area contributed by atoms with Crippen LogP contribution in [0.1, 0.15) is 92.4 Å². The van der Waals surface area contributed by atoms with Gasteiger partial charge in [-0.05, 0) is 86.9 Å². The molecule has 0 unspecified atom stereocenters. The minimum Gasteiger partial charge on any atom is -0.394 e. The molecule has 5 saturated heterocycles. The van der Waals surface area contributed by atoms with Crippen molar-refractivity contribution in [2.24, 2.45) is 52.3 Å². The van der Waals surface area contributed by atoms with Crippen molar-refractivity contribution in [1.29, 1.82) is 0 Å². The van der Waals surface area contributed by atoms with Gasteiger partial charge in [0.1, 0.15) is 79.0 Å². The Morgan fingerprint density at radius 1 is 0.646 bits per heavy atom. The first-order valence-electron chi connectivity index (χ1n) is 24.1. The van der Waals surface area contributed by atoms with Gasteiger partial charge in [-0.15, -0.1) is 0 Å². The van der Waals surface area contributed by atoms with E-state index in [4.69, 9.17) is 37.9 Å². The lowest BCUT2D eigenvalue weighted by atomic mass is 9.44. The van der Waals surface area contributed by atoms with Gasteiger partial charge in [-0.25, -0.2) is 0 Å². The molecule has 19 nitrogen and oxygen atoms in total. The Bertz CT molecular complexity index is 1700. The molecular weight excluding hydrogens is 856 g/mol. The van der Waals surface area contributed by atoms with Crippen LogP contribution in [0.25, 0.3) is 0 Å². The SMILES string of the molecule is C[C@H]1CC[C@@]2(OC1)O[C@@]1(C)C[C@H]3[C@@H]4CC[C@H]5C[C@@H](O[C@@H]6O[C@H](CO)[C@H](O[C@@H]7O[C@H](CO)[C@@H](O)[C@H](O)[C@H]7O[C@@H]7O[C@H](CO)[C@H](O)[C@H](O)[C@H]7O)[C@H](O)[C@H]6O)CC[C@]5(C)[C@H]4CC(=O)[C@]3(C)[C@H]1[C@@H]2C. The molecule has 0 amide bonds. The lowest BCUT2D eigenvalue weighted by Crippen LogP contribution is -2.67. The van der Waals surface area contributed by atoms with Gasteiger partial charge in [-0.3, -0.25) is 4.79 Å². The van der Waals surface area contributed by atoms with Crippen molar-refractivity contribution in [3.8, 4) is 0 Å². The Morgan fingerprint density at radius 2 is 1.25 bits per heavy atom. The third-order valence-corrected chi connectivity index (χ3v) is 18.5. The van der Waals surface area contributed by atoms with E-state index in [0.717, 1.165) is 38.5 Å². The van der Waals surface area contributed by atoms with Crippen molar-refractivity contribution in [3.05, 3.63) is 0 Å². The lowest BCUT2D eigenvalue weighted by molar-refractivity contribution is -0.390. The molecule has 9 fully saturated rings. The van der Waals surface area contributed by atoms with Gasteiger partial charge in [0.25, 0.3) is 0 Å². The molecule has 1 spiro atoms. The molecule has 372 valence electrons. The molecule has 4 saturated carbocycles. The summed E-state index contributed by atoms with van der Waals surface area (Å²) >= 11 is 0. The Balaban J connectivity index is 0.851. The van der Waals surface area contributed by atoms with E-state index in [0.29, 0.717) is 43.5 Å². The maximum atomic E-state index is 14.7. The van der Waals surface area contributed by atoms with Crippen LogP contribution in [0.3, 0.4) is 0 Å². The fraction of sp³-hybridized carbons (Fsp3) is 0.978. The van der Waals surface area contributed by atoms with Crippen LogP contribution in [0.2, 0.25) is 0 Å². The number of aliphatic hydroxyl groups is 10. The van der Waals surface area contributed by atoms with Crippen molar-refractivity contribution >= 4 is 5.78 Å². The van der Waals surface area contributed by atoms with Gasteiger partial charge in [0.15, 0.2) is 24.7 Å². The summed E-state index contributed by atoms with van der Waals surface area (Å²) in [6.45, 7) is 9.63. The molecule has 4 aliphatic carbocycles. The zero-order valence-electron chi connectivity index (χ0n) is 38.1. The number of rotatable bonds is 9. The van der Waals surface area contributed by atoms with E-state index in [2.05, 4.69) is 34.6 Å². The maximum absolute atomic E-state index is 14.7. The third kappa shape index (κ3) is 7.82. The highest BCUT2D eigenvalue weighted by Crippen LogP contribution is 2.73. The van der Waals surface area contributed by atoms with Gasteiger partial charge in [0.2, 0.25) is 0 Å². The maximum Gasteiger partial charge on any atom is 0.187 e. The second kappa shape index (κ2) is 18.0. The number of carbonyl (C=O) groups is 1. The van der Waals surface area contributed by atoms with E-state index in [-0.39, 0.29) is 41.1 Å². The molecule has 19 heteroatoms. The van der Waals surface area contributed by atoms with Crippen LogP contribution in [0.5, 0.6) is 0 Å². The molecule has 65 heavy (non-hydrogen) atoms. The second-order valence-corrected chi connectivity index (χ2v) is 22.1. The summed E-state index contributed by atoms with van der Waals surface area (Å²) < 4.78 is 49.0. The van der Waals surface area contributed by atoms with Gasteiger partial charge in [-0.1, -0.05) is 27.7 Å². The van der Waals surface area contributed by atoms with Crippen LogP contribution in [-0.2, 0) is 42.7 Å². The normalized spacial score (nSPS) is 58.0. The number of hydrogen-bond acceptors (Lipinski definition) is 19. The highest BCUT2D eigenvalue weighted by molar-refractivity contribution is 5.87. The second-order valence-electron chi connectivity index (χ2n) is 22.1. The van der Waals surface area contributed by atoms with Crippen LogP contribution in [0.4, 0.5) is 0 Å². The molecule has 0 radical (unpaired) electrons. The molecule has 0 aromatic heterocycles. The molecule has 0 aromatic carbocycles. The first kappa shape index (κ1) is 49.0. The third-order valence-electron chi connectivity index (χ3n) is 18.5. The quantitative estimate of drug-likeness (QED) is 0.122. The van der Waals surface area contributed by atoms with Crippen molar-refractivity contribution in [2.75, 3.05) is 26.4 Å². The van der Waals surface area contributed by atoms with Crippen LogP contribution < -0.4 is 0 Å². The zero-order valence-corrected chi connectivity index (χ0v) is 38.1. The van der Waals surface area contributed by atoms with Gasteiger partial charge >= 0.3 is 0 Å². The average molecular weight is 931 g/mol. The molecule has 10 N–H and O–H groups in total. The number of fused-ring (bicyclic) bond motifs is 7. The largest absolute Gasteiger partial charge is 0.394 e. The van der Waals surface area contributed by atoms with Gasteiger partial charge in [0, 0.05) is 30.1 Å². The van der Waals surface area contributed by atoms with Crippen LogP contribution in [-0.4, -0.2) is 193 Å². The van der Waals surface area contributed by atoms with Gasteiger partial charge in [0.05, 0.1) is 38.1 Å². The summed E-state index contributed by atoms with van der Waals surface area (Å²) in [6.07, 6.45) is -18.1. The van der Waals surface area contributed by atoms with E-state index >= 15 is 0 Å². The highest BCUT2D eigenvalue weighted by Gasteiger charge is 2.75. The van der Waals surface area contributed by atoms with E-state index in [1.807, 2.05) is 0 Å². The first-order chi connectivity index (χ1) is 30.7. The molecule has 0 bridgehead atoms. The molecule has 5 aliphatic heterocycles. The summed E-state index contributed by atoms with van der Waals surface area (Å²) in [5, 5.41) is 106. The Morgan fingerprint density at radius 3 is 1.91 bits per heavy atom. The van der Waals surface area contributed by atoms with E-state index in [1.165, 1.54) is 0 Å². The number of aliphatic hydroxyl groups excluding tert-OH is 10. The summed E-state index contributed by atoms with van der Waals surface area (Å²) in [7, 11) is 0. The minimum absolute atomic E-state index is 0.0833. The molecular formula is C46H74O19. The van der Waals surface area contributed by atoms with Crippen LogP contribution in [0.15, 0.2) is 0 Å².